The molecule has 25 heteroatoms. The number of rotatable bonds is 5. The van der Waals surface area contributed by atoms with Gasteiger partial charge in [-0.15, -0.1) is 0 Å². The molecular weight excluding hydrogens is 846 g/mol. The molecule has 0 aliphatic heterocycles. The summed E-state index contributed by atoms with van der Waals surface area (Å²) >= 11 is 23.6. The first-order valence-electron chi connectivity index (χ1n) is 13.1. The standard InChI is InChI=1S/5C6H4NO2S.5FH/c5*8-7(9)5-2-1-3-6(10)4-5;;;;;/h5*1-4H;5*1H. The van der Waals surface area contributed by atoms with Crippen molar-refractivity contribution in [2.45, 2.75) is 24.5 Å². The molecule has 0 spiro atoms. The van der Waals surface area contributed by atoms with Gasteiger partial charge in [0.1, 0.15) is 0 Å². The third-order valence-electron chi connectivity index (χ3n) is 5.14. The van der Waals surface area contributed by atoms with Gasteiger partial charge in [-0.3, -0.25) is 74.1 Å². The molecule has 0 saturated carbocycles. The molecular formula is C30H25F5N5O10S5. The van der Waals surface area contributed by atoms with Crippen molar-refractivity contribution in [3.63, 3.8) is 0 Å². The smallest absolute Gasteiger partial charge is 0.269 e. The molecule has 5 aromatic rings. The minimum absolute atomic E-state index is 0. The van der Waals surface area contributed by atoms with Crippen molar-refractivity contribution < 1.29 is 48.1 Å². The zero-order valence-electron chi connectivity index (χ0n) is 26.9. The average Bonchev–Trinajstić information content (AvgIpc) is 3.06. The predicted octanol–water partition coefficient (Wildman–Crippen LogP) is 11.5. The number of nitro groups is 5. The minimum atomic E-state index is -0.462. The van der Waals surface area contributed by atoms with Crippen LogP contribution in [-0.4, -0.2) is 24.6 Å². The van der Waals surface area contributed by atoms with Gasteiger partial charge in [-0.1, -0.05) is 93.5 Å². The van der Waals surface area contributed by atoms with Gasteiger partial charge >= 0.3 is 0 Å². The van der Waals surface area contributed by atoms with Crippen molar-refractivity contribution in [3.05, 3.63) is 172 Å². The van der Waals surface area contributed by atoms with E-state index in [1.807, 2.05) is 0 Å². The summed E-state index contributed by atoms with van der Waals surface area (Å²) in [7, 11) is 0. The molecule has 55 heavy (non-hydrogen) atoms. The molecule has 15 nitrogen and oxygen atoms in total. The second-order valence-electron chi connectivity index (χ2n) is 8.77. The van der Waals surface area contributed by atoms with Gasteiger partial charge in [0.05, 0.1) is 24.6 Å². The monoisotopic (exact) mass is 870 g/mol. The first kappa shape index (κ1) is 58.2. The van der Waals surface area contributed by atoms with E-state index in [2.05, 4.69) is 0 Å². The van der Waals surface area contributed by atoms with Crippen LogP contribution in [0.4, 0.5) is 52.0 Å². The first-order chi connectivity index (χ1) is 23.5. The molecule has 0 aliphatic rings. The molecule has 0 aliphatic carbocycles. The summed E-state index contributed by atoms with van der Waals surface area (Å²) in [4.78, 5) is 50.7. The minimum Gasteiger partial charge on any atom is -0.269 e. The quantitative estimate of drug-likeness (QED) is 0.0924. The Morgan fingerprint density at radius 2 is 0.418 bits per heavy atom. The van der Waals surface area contributed by atoms with E-state index in [4.69, 9.17) is 63.1 Å². The van der Waals surface area contributed by atoms with E-state index < -0.39 is 24.6 Å². The molecule has 0 atom stereocenters. The van der Waals surface area contributed by atoms with Crippen molar-refractivity contribution in [1.29, 1.82) is 0 Å². The molecule has 0 fully saturated rings. The Morgan fingerprint density at radius 1 is 0.291 bits per heavy atom. The Kier molecular flexibility index (Phi) is 32.1. The summed E-state index contributed by atoms with van der Waals surface area (Å²) in [5.74, 6) is 0. The van der Waals surface area contributed by atoms with Crippen molar-refractivity contribution in [3.8, 4) is 0 Å². The maximum absolute atomic E-state index is 10.1. The van der Waals surface area contributed by atoms with Gasteiger partial charge < -0.3 is 0 Å². The first-order valence-corrected chi connectivity index (χ1v) is 15.1. The lowest BCUT2D eigenvalue weighted by Gasteiger charge is -1.89. The largest absolute Gasteiger partial charge is 0.270 e. The van der Waals surface area contributed by atoms with Crippen LogP contribution in [0, 0.1) is 50.6 Å². The highest BCUT2D eigenvalue weighted by atomic mass is 32.1. The van der Waals surface area contributed by atoms with Crippen LogP contribution in [0.2, 0.25) is 0 Å². The highest BCUT2D eigenvalue weighted by Crippen LogP contribution is 2.18. The topological polar surface area (TPSA) is 216 Å². The number of benzene rings is 5. The molecule has 5 radical (unpaired) electrons. The molecule has 0 saturated heterocycles. The van der Waals surface area contributed by atoms with Gasteiger partial charge in [0.25, 0.3) is 28.4 Å². The predicted molar refractivity (Wildman–Crippen MR) is 207 cm³/mol. The second-order valence-corrected chi connectivity index (χ2v) is 11.1. The number of nitro benzene ring substituents is 5. The molecule has 5 rings (SSSR count). The maximum atomic E-state index is 10.1. The highest BCUT2D eigenvalue weighted by molar-refractivity contribution is 7.81. The Hall–Kier alpha value is -6.15. The lowest BCUT2D eigenvalue weighted by atomic mass is 10.3. The van der Waals surface area contributed by atoms with Crippen molar-refractivity contribution in [2.24, 2.45) is 0 Å². The molecule has 5 aromatic carbocycles. The van der Waals surface area contributed by atoms with E-state index in [9.17, 15) is 50.6 Å². The normalized spacial score (nSPS) is 8.36. The molecule has 0 amide bonds. The van der Waals surface area contributed by atoms with Crippen LogP contribution < -0.4 is 0 Å². The fraction of sp³-hybridized carbons (Fsp3) is 0. The Morgan fingerprint density at radius 3 is 0.491 bits per heavy atom. The lowest BCUT2D eigenvalue weighted by molar-refractivity contribution is -0.385. The van der Waals surface area contributed by atoms with E-state index in [0.717, 1.165) is 0 Å². The van der Waals surface area contributed by atoms with Crippen LogP contribution in [0.3, 0.4) is 0 Å². The summed E-state index contributed by atoms with van der Waals surface area (Å²) in [5, 5.41) is 50.6. The van der Waals surface area contributed by atoms with E-state index in [0.29, 0.717) is 24.5 Å². The molecule has 0 bridgehead atoms. The number of hydrogen-bond acceptors (Lipinski definition) is 10. The number of hydrogen-bond donors (Lipinski definition) is 0. The van der Waals surface area contributed by atoms with Crippen LogP contribution in [0.1, 0.15) is 0 Å². The van der Waals surface area contributed by atoms with Crippen molar-refractivity contribution in [1.82, 2.24) is 0 Å². The summed E-state index contributed by atoms with van der Waals surface area (Å²) in [6.07, 6.45) is 0. The van der Waals surface area contributed by atoms with E-state index in [-0.39, 0.29) is 52.0 Å². The van der Waals surface area contributed by atoms with E-state index in [1.54, 1.807) is 60.7 Å². The van der Waals surface area contributed by atoms with Gasteiger partial charge in [0.2, 0.25) is 0 Å². The third-order valence-corrected chi connectivity index (χ3v) is 6.41. The molecule has 295 valence electrons. The van der Waals surface area contributed by atoms with Crippen LogP contribution in [0.5, 0.6) is 0 Å². The highest BCUT2D eigenvalue weighted by Gasteiger charge is 2.05. The maximum Gasteiger partial charge on any atom is 0.270 e. The van der Waals surface area contributed by atoms with Crippen molar-refractivity contribution in [2.75, 3.05) is 0 Å². The number of halogens is 5. The SMILES string of the molecule is F.F.F.F.F.O=[N+]([O-])c1cccc([S])c1.O=[N+]([O-])c1cccc([S])c1.O=[N+]([O-])c1cccc([S])c1.O=[N+]([O-])c1cccc([S])c1.O=[N+]([O-])c1cccc([S])c1. The van der Waals surface area contributed by atoms with Gasteiger partial charge in [-0.2, -0.15) is 0 Å². The van der Waals surface area contributed by atoms with Crippen molar-refractivity contribution >= 4 is 91.6 Å². The fourth-order valence-electron chi connectivity index (χ4n) is 2.99. The zero-order valence-corrected chi connectivity index (χ0v) is 31.0. The molecule has 0 unspecified atom stereocenters. The summed E-state index contributed by atoms with van der Waals surface area (Å²) in [6, 6.07) is 29.9. The average molecular weight is 871 g/mol. The number of non-ortho nitro benzene ring substituents is 5. The number of nitrogens with zero attached hydrogens (tertiary/aromatic N) is 5. The lowest BCUT2D eigenvalue weighted by Crippen LogP contribution is -1.85. The summed E-state index contributed by atoms with van der Waals surface area (Å²) in [6.45, 7) is 0. The van der Waals surface area contributed by atoms with E-state index in [1.165, 1.54) is 60.7 Å². The molecule has 0 N–H and O–H groups in total. The van der Waals surface area contributed by atoms with Crippen LogP contribution in [-0.2, 0) is 0 Å². The molecule has 0 aromatic heterocycles. The summed E-state index contributed by atoms with van der Waals surface area (Å²) in [5.41, 5.74) is 0.243. The molecule has 0 heterocycles. The van der Waals surface area contributed by atoms with Gasteiger partial charge in [0.15, 0.2) is 0 Å². The zero-order chi connectivity index (χ0) is 37.8. The Balaban J connectivity index is -0.000000185. The van der Waals surface area contributed by atoms with Gasteiger partial charge in [-0.05, 0) is 30.3 Å². The third kappa shape index (κ3) is 24.7. The fourth-order valence-corrected chi connectivity index (χ4v) is 3.98. The van der Waals surface area contributed by atoms with Crippen LogP contribution in [0.15, 0.2) is 146 Å². The Labute approximate surface area is 334 Å². The van der Waals surface area contributed by atoms with Crippen LogP contribution in [0.25, 0.3) is 0 Å². The second kappa shape index (κ2) is 30.3. The van der Waals surface area contributed by atoms with Gasteiger partial charge in [0, 0.05) is 85.1 Å². The van der Waals surface area contributed by atoms with Gasteiger partial charge in [-0.25, -0.2) is 0 Å². The van der Waals surface area contributed by atoms with Crippen LogP contribution >= 0.6 is 63.1 Å². The Bertz CT molecular complexity index is 1650. The van der Waals surface area contributed by atoms with E-state index >= 15 is 0 Å². The summed E-state index contributed by atoms with van der Waals surface area (Å²) < 4.78 is 0.